The smallest absolute Gasteiger partial charge is 0.264 e. The van der Waals surface area contributed by atoms with Gasteiger partial charge < -0.3 is 5.32 Å². The van der Waals surface area contributed by atoms with Gasteiger partial charge in [-0.15, -0.1) is 0 Å². The van der Waals surface area contributed by atoms with E-state index in [1.807, 2.05) is 6.07 Å². The Kier molecular flexibility index (Phi) is 3.29. The maximum atomic E-state index is 12.4. The lowest BCUT2D eigenvalue weighted by molar-refractivity contribution is 0.601. The van der Waals surface area contributed by atoms with E-state index in [1.165, 1.54) is 0 Å². The van der Waals surface area contributed by atoms with Crippen LogP contribution in [0.15, 0.2) is 29.2 Å². The minimum atomic E-state index is -3.68. The number of hydrogen-bond donors (Lipinski definition) is 2. The molecule has 0 amide bonds. The van der Waals surface area contributed by atoms with Crippen LogP contribution in [0.2, 0.25) is 0 Å². The summed E-state index contributed by atoms with van der Waals surface area (Å²) >= 11 is 0. The summed E-state index contributed by atoms with van der Waals surface area (Å²) in [6, 6.07) is 6.88. The van der Waals surface area contributed by atoms with E-state index in [-0.39, 0.29) is 10.8 Å². The number of hydrogen-bond acceptors (Lipinski definition) is 5. The zero-order valence-electron chi connectivity index (χ0n) is 11.8. The molecule has 0 saturated heterocycles. The number of anilines is 2. The topological polar surface area (TPSA) is 84.0 Å². The van der Waals surface area contributed by atoms with Gasteiger partial charge in [0, 0.05) is 23.6 Å². The monoisotopic (exact) mass is 304 g/mol. The molecular formula is C14H16N4O2S. The molecule has 0 fully saturated rings. The van der Waals surface area contributed by atoms with Gasteiger partial charge in [-0.3, -0.25) is 0 Å². The summed E-state index contributed by atoms with van der Waals surface area (Å²) in [5, 5.41) is 3.17. The van der Waals surface area contributed by atoms with Crippen molar-refractivity contribution in [1.29, 1.82) is 0 Å². The van der Waals surface area contributed by atoms with Gasteiger partial charge in [-0.2, -0.15) is 0 Å². The number of nitrogens with zero attached hydrogens (tertiary/aromatic N) is 2. The third kappa shape index (κ3) is 2.82. The number of fused-ring (bicyclic) bond motifs is 1. The van der Waals surface area contributed by atoms with E-state index in [4.69, 9.17) is 0 Å². The Bertz CT molecular complexity index is 782. The number of sulfonamides is 1. The standard InChI is InChI=1S/C14H16N4O2S/c1-9-7-10(2)17-14(16-9)18-21(19,20)12-4-3-11-5-6-15-13(11)8-12/h3-4,7-8,15H,5-6H2,1-2H3,(H,16,17,18). The zero-order chi connectivity index (χ0) is 15.0. The highest BCUT2D eigenvalue weighted by Crippen LogP contribution is 2.26. The van der Waals surface area contributed by atoms with Crippen molar-refractivity contribution >= 4 is 21.7 Å². The van der Waals surface area contributed by atoms with Crippen LogP contribution in [0.1, 0.15) is 17.0 Å². The van der Waals surface area contributed by atoms with Crippen molar-refractivity contribution in [2.45, 2.75) is 25.2 Å². The SMILES string of the molecule is Cc1cc(C)nc(NS(=O)(=O)c2ccc3c(c2)NCC3)n1. The first-order valence-electron chi connectivity index (χ1n) is 6.66. The maximum Gasteiger partial charge on any atom is 0.264 e. The maximum absolute atomic E-state index is 12.4. The van der Waals surface area contributed by atoms with Gasteiger partial charge in [-0.05, 0) is 44.0 Å². The quantitative estimate of drug-likeness (QED) is 0.904. The lowest BCUT2D eigenvalue weighted by Crippen LogP contribution is -2.16. The Morgan fingerprint density at radius 3 is 2.57 bits per heavy atom. The van der Waals surface area contributed by atoms with Crippen molar-refractivity contribution in [3.63, 3.8) is 0 Å². The lowest BCUT2D eigenvalue weighted by Gasteiger charge is -2.09. The summed E-state index contributed by atoms with van der Waals surface area (Å²) in [5.41, 5.74) is 3.45. The molecule has 2 heterocycles. The fourth-order valence-electron chi connectivity index (χ4n) is 2.39. The summed E-state index contributed by atoms with van der Waals surface area (Å²) < 4.78 is 27.2. The largest absolute Gasteiger partial charge is 0.384 e. The second-order valence-electron chi connectivity index (χ2n) is 5.08. The van der Waals surface area contributed by atoms with E-state index in [9.17, 15) is 8.42 Å². The van der Waals surface area contributed by atoms with Crippen LogP contribution in [0.4, 0.5) is 11.6 Å². The molecule has 1 aliphatic heterocycles. The Labute approximate surface area is 123 Å². The van der Waals surface area contributed by atoms with Crippen molar-refractivity contribution in [2.75, 3.05) is 16.6 Å². The summed E-state index contributed by atoms with van der Waals surface area (Å²) in [4.78, 5) is 8.41. The highest BCUT2D eigenvalue weighted by Gasteiger charge is 2.19. The molecule has 0 aliphatic carbocycles. The molecule has 1 aromatic heterocycles. The molecule has 0 saturated carbocycles. The Balaban J connectivity index is 1.93. The molecule has 1 aliphatic rings. The molecule has 0 radical (unpaired) electrons. The van der Waals surface area contributed by atoms with Crippen LogP contribution in [-0.2, 0) is 16.4 Å². The normalized spacial score (nSPS) is 13.6. The van der Waals surface area contributed by atoms with Crippen molar-refractivity contribution in [3.05, 3.63) is 41.2 Å². The van der Waals surface area contributed by atoms with Crippen molar-refractivity contribution in [2.24, 2.45) is 0 Å². The first-order valence-corrected chi connectivity index (χ1v) is 8.14. The molecule has 1 aromatic carbocycles. The van der Waals surface area contributed by atoms with Gasteiger partial charge in [-0.1, -0.05) is 6.07 Å². The van der Waals surface area contributed by atoms with E-state index < -0.39 is 10.0 Å². The first kappa shape index (κ1) is 13.8. The van der Waals surface area contributed by atoms with Gasteiger partial charge >= 0.3 is 0 Å². The first-order chi connectivity index (χ1) is 9.94. The molecular weight excluding hydrogens is 288 g/mol. The lowest BCUT2D eigenvalue weighted by atomic mass is 10.2. The van der Waals surface area contributed by atoms with Crippen LogP contribution in [0.5, 0.6) is 0 Å². The molecule has 6 nitrogen and oxygen atoms in total. The summed E-state index contributed by atoms with van der Waals surface area (Å²) in [6.45, 7) is 4.43. The minimum absolute atomic E-state index is 0.0981. The molecule has 0 unspecified atom stereocenters. The van der Waals surface area contributed by atoms with Gasteiger partial charge in [0.05, 0.1) is 4.90 Å². The number of aryl methyl sites for hydroxylation is 2. The molecule has 2 N–H and O–H groups in total. The van der Waals surface area contributed by atoms with Crippen LogP contribution in [-0.4, -0.2) is 24.9 Å². The van der Waals surface area contributed by atoms with Gasteiger partial charge in [0.2, 0.25) is 5.95 Å². The average molecular weight is 304 g/mol. The van der Waals surface area contributed by atoms with Gasteiger partial charge in [0.15, 0.2) is 0 Å². The Morgan fingerprint density at radius 2 is 1.86 bits per heavy atom. The fraction of sp³-hybridized carbons (Fsp3) is 0.286. The second-order valence-corrected chi connectivity index (χ2v) is 6.76. The van der Waals surface area contributed by atoms with Crippen molar-refractivity contribution in [3.8, 4) is 0 Å². The van der Waals surface area contributed by atoms with Crippen LogP contribution >= 0.6 is 0 Å². The van der Waals surface area contributed by atoms with E-state index in [0.717, 1.165) is 35.6 Å². The van der Waals surface area contributed by atoms with Crippen LogP contribution in [0.3, 0.4) is 0 Å². The highest BCUT2D eigenvalue weighted by atomic mass is 32.2. The second kappa shape index (κ2) is 5.00. The number of rotatable bonds is 3. The van der Waals surface area contributed by atoms with Gasteiger partial charge in [0.1, 0.15) is 0 Å². The fourth-order valence-corrected chi connectivity index (χ4v) is 3.36. The van der Waals surface area contributed by atoms with Crippen molar-refractivity contribution < 1.29 is 8.42 Å². The van der Waals surface area contributed by atoms with Crippen LogP contribution in [0, 0.1) is 13.8 Å². The molecule has 21 heavy (non-hydrogen) atoms. The minimum Gasteiger partial charge on any atom is -0.384 e. The number of nitrogens with one attached hydrogen (secondary N) is 2. The van der Waals surface area contributed by atoms with Crippen molar-refractivity contribution in [1.82, 2.24) is 9.97 Å². The molecule has 2 aromatic rings. The van der Waals surface area contributed by atoms with E-state index in [2.05, 4.69) is 20.0 Å². The summed E-state index contributed by atoms with van der Waals surface area (Å²) in [5.74, 6) is 0.0981. The van der Waals surface area contributed by atoms with Gasteiger partial charge in [-0.25, -0.2) is 23.1 Å². The molecule has 110 valence electrons. The zero-order valence-corrected chi connectivity index (χ0v) is 12.7. The van der Waals surface area contributed by atoms with E-state index in [1.54, 1.807) is 32.0 Å². The predicted octanol–water partition coefficient (Wildman–Crippen LogP) is 1.86. The van der Waals surface area contributed by atoms with Crippen LogP contribution in [0.25, 0.3) is 0 Å². The third-order valence-electron chi connectivity index (χ3n) is 3.31. The number of benzene rings is 1. The molecule has 0 bridgehead atoms. The third-order valence-corrected chi connectivity index (χ3v) is 4.64. The molecule has 7 heteroatoms. The molecule has 0 spiro atoms. The summed E-state index contributed by atoms with van der Waals surface area (Å²) in [6.07, 6.45) is 0.920. The highest BCUT2D eigenvalue weighted by molar-refractivity contribution is 7.92. The average Bonchev–Trinajstić information content (AvgIpc) is 2.83. The Hall–Kier alpha value is -2.15. The number of aromatic nitrogens is 2. The molecule has 0 atom stereocenters. The van der Waals surface area contributed by atoms with Crippen LogP contribution < -0.4 is 10.0 Å². The molecule has 3 rings (SSSR count). The summed E-state index contributed by atoms with van der Waals surface area (Å²) in [7, 11) is -3.68. The predicted molar refractivity (Wildman–Crippen MR) is 81.0 cm³/mol. The van der Waals surface area contributed by atoms with E-state index in [0.29, 0.717) is 0 Å². The Morgan fingerprint density at radius 1 is 1.14 bits per heavy atom. The van der Waals surface area contributed by atoms with E-state index >= 15 is 0 Å². The van der Waals surface area contributed by atoms with Gasteiger partial charge in [0.25, 0.3) is 10.0 Å².